The van der Waals surface area contributed by atoms with Crippen molar-refractivity contribution in [2.75, 3.05) is 0 Å². The number of nitrogens with two attached hydrogens (primary N) is 1. The van der Waals surface area contributed by atoms with Crippen molar-refractivity contribution in [1.82, 2.24) is 5.06 Å². The molecule has 2 aromatic carbocycles. The van der Waals surface area contributed by atoms with E-state index in [0.717, 1.165) is 16.7 Å². The number of hydrogen-bond acceptors (Lipinski definition) is 2. The predicted molar refractivity (Wildman–Crippen MR) is 73.5 cm³/mol. The number of nitrogens with zero attached hydrogens (tertiary/aromatic N) is 1. The Morgan fingerprint density at radius 2 is 1.58 bits per heavy atom. The van der Waals surface area contributed by atoms with Crippen molar-refractivity contribution in [2.24, 2.45) is 5.73 Å². The van der Waals surface area contributed by atoms with Crippen LogP contribution in [0.4, 0.5) is 4.79 Å². The van der Waals surface area contributed by atoms with Gasteiger partial charge in [0, 0.05) is 0 Å². The largest absolute Gasteiger partial charge is 0.350 e. The number of hydrogen-bond donors (Lipinski definition) is 2. The minimum atomic E-state index is -0.861. The van der Waals surface area contributed by atoms with Gasteiger partial charge in [0.05, 0.1) is 6.04 Å². The van der Waals surface area contributed by atoms with Gasteiger partial charge >= 0.3 is 6.03 Å². The maximum Gasteiger partial charge on any atom is 0.339 e. The van der Waals surface area contributed by atoms with Crippen molar-refractivity contribution < 1.29 is 10.0 Å². The van der Waals surface area contributed by atoms with Crippen LogP contribution in [0.15, 0.2) is 54.6 Å². The summed E-state index contributed by atoms with van der Waals surface area (Å²) in [6, 6.07) is 16.3. The van der Waals surface area contributed by atoms with E-state index in [2.05, 4.69) is 0 Å². The summed E-state index contributed by atoms with van der Waals surface area (Å²) in [6.45, 7) is 1.71. The molecule has 0 aliphatic carbocycles. The summed E-state index contributed by atoms with van der Waals surface area (Å²) in [6.07, 6.45) is 0. The van der Waals surface area contributed by atoms with Crippen molar-refractivity contribution in [3.63, 3.8) is 0 Å². The maximum absolute atomic E-state index is 10.9. The van der Waals surface area contributed by atoms with E-state index < -0.39 is 12.1 Å². The molecule has 3 N–H and O–H groups in total. The normalized spacial score (nSPS) is 11.9. The number of urea groups is 1. The first-order chi connectivity index (χ1) is 9.09. The molecule has 2 amide bonds. The summed E-state index contributed by atoms with van der Waals surface area (Å²) in [5, 5.41) is 10.0. The van der Waals surface area contributed by atoms with E-state index in [1.165, 1.54) is 0 Å². The van der Waals surface area contributed by atoms with Crippen molar-refractivity contribution in [3.05, 3.63) is 60.2 Å². The van der Waals surface area contributed by atoms with Crippen LogP contribution < -0.4 is 5.73 Å². The van der Waals surface area contributed by atoms with Crippen molar-refractivity contribution in [3.8, 4) is 11.1 Å². The fourth-order valence-corrected chi connectivity index (χ4v) is 1.92. The van der Waals surface area contributed by atoms with Crippen molar-refractivity contribution in [2.45, 2.75) is 13.0 Å². The van der Waals surface area contributed by atoms with Crippen molar-refractivity contribution in [1.29, 1.82) is 0 Å². The second-order valence-electron chi connectivity index (χ2n) is 4.35. The summed E-state index contributed by atoms with van der Waals surface area (Å²) in [4.78, 5) is 10.9. The Labute approximate surface area is 112 Å². The molecule has 19 heavy (non-hydrogen) atoms. The van der Waals surface area contributed by atoms with Gasteiger partial charge < -0.3 is 5.73 Å². The van der Waals surface area contributed by atoms with Crippen LogP contribution in [0.2, 0.25) is 0 Å². The zero-order chi connectivity index (χ0) is 13.8. The first-order valence-corrected chi connectivity index (χ1v) is 6.02. The molecule has 0 aliphatic rings. The molecule has 0 spiro atoms. The summed E-state index contributed by atoms with van der Waals surface area (Å²) in [5.74, 6) is 0. The first-order valence-electron chi connectivity index (χ1n) is 6.02. The average molecular weight is 256 g/mol. The van der Waals surface area contributed by atoms with Gasteiger partial charge in [-0.1, -0.05) is 54.6 Å². The third kappa shape index (κ3) is 2.92. The lowest BCUT2D eigenvalue weighted by Crippen LogP contribution is -2.34. The molecular formula is C15H16N2O2. The van der Waals surface area contributed by atoms with Gasteiger partial charge in [-0.15, -0.1) is 0 Å². The second-order valence-corrected chi connectivity index (χ2v) is 4.35. The number of amides is 2. The molecule has 4 heteroatoms. The lowest BCUT2D eigenvalue weighted by molar-refractivity contribution is -0.0709. The molecule has 0 aliphatic heterocycles. The third-order valence-electron chi connectivity index (χ3n) is 3.09. The summed E-state index contributed by atoms with van der Waals surface area (Å²) < 4.78 is 0. The number of hydroxylamine groups is 2. The van der Waals surface area contributed by atoms with Crippen LogP contribution in [-0.2, 0) is 0 Å². The Hall–Kier alpha value is -2.33. The highest BCUT2D eigenvalue weighted by Gasteiger charge is 2.16. The Morgan fingerprint density at radius 3 is 2.11 bits per heavy atom. The van der Waals surface area contributed by atoms with E-state index in [1.54, 1.807) is 6.92 Å². The summed E-state index contributed by atoms with van der Waals surface area (Å²) in [7, 11) is 0. The molecule has 0 aromatic heterocycles. The first kappa shape index (κ1) is 13.1. The van der Waals surface area contributed by atoms with Gasteiger partial charge in [-0.3, -0.25) is 5.21 Å². The van der Waals surface area contributed by atoms with Crippen molar-refractivity contribution >= 4 is 6.03 Å². The van der Waals surface area contributed by atoms with E-state index in [0.29, 0.717) is 5.06 Å². The number of rotatable bonds is 3. The zero-order valence-electron chi connectivity index (χ0n) is 10.7. The SMILES string of the molecule is C[C@@H](c1ccc(-c2ccccc2)cc1)N(O)C(N)=O. The van der Waals surface area contributed by atoms with Gasteiger partial charge in [0.25, 0.3) is 0 Å². The van der Waals surface area contributed by atoms with Gasteiger partial charge in [-0.05, 0) is 23.6 Å². The fraction of sp³-hybridized carbons (Fsp3) is 0.133. The Morgan fingerprint density at radius 1 is 1.05 bits per heavy atom. The molecule has 0 saturated heterocycles. The summed E-state index contributed by atoms with van der Waals surface area (Å²) in [5.41, 5.74) is 8.06. The zero-order valence-corrected chi connectivity index (χ0v) is 10.7. The molecule has 0 saturated carbocycles. The molecule has 1 atom stereocenters. The summed E-state index contributed by atoms with van der Waals surface area (Å²) >= 11 is 0. The average Bonchev–Trinajstić information content (AvgIpc) is 2.46. The molecule has 0 bridgehead atoms. The van der Waals surface area contributed by atoms with E-state index in [1.807, 2.05) is 54.6 Å². The van der Waals surface area contributed by atoms with Crippen LogP contribution in [0.5, 0.6) is 0 Å². The monoisotopic (exact) mass is 256 g/mol. The highest BCUT2D eigenvalue weighted by Crippen LogP contribution is 2.23. The molecule has 0 radical (unpaired) electrons. The number of carbonyl (C=O) groups excluding carboxylic acids is 1. The van der Waals surface area contributed by atoms with E-state index in [4.69, 9.17) is 5.73 Å². The van der Waals surface area contributed by atoms with Gasteiger partial charge in [-0.25, -0.2) is 4.79 Å². The lowest BCUT2D eigenvalue weighted by atomic mass is 10.0. The predicted octanol–water partition coefficient (Wildman–Crippen LogP) is 3.18. The van der Waals surface area contributed by atoms with Crippen LogP contribution >= 0.6 is 0 Å². The van der Waals surface area contributed by atoms with Gasteiger partial charge in [-0.2, -0.15) is 5.06 Å². The molecule has 0 fully saturated rings. The second kappa shape index (κ2) is 5.54. The lowest BCUT2D eigenvalue weighted by Gasteiger charge is -2.20. The van der Waals surface area contributed by atoms with Crippen LogP contribution in [0.3, 0.4) is 0 Å². The quantitative estimate of drug-likeness (QED) is 0.654. The number of carbonyl (C=O) groups is 1. The standard InChI is InChI=1S/C15H16N2O2/c1-11(17(19)15(16)18)12-7-9-14(10-8-12)13-5-3-2-4-6-13/h2-11,19H,1H3,(H2,16,18)/t11-/m0/s1. The van der Waals surface area contributed by atoms with Gasteiger partial charge in [0.1, 0.15) is 0 Å². The third-order valence-corrected chi connectivity index (χ3v) is 3.09. The molecule has 98 valence electrons. The highest BCUT2D eigenvalue weighted by atomic mass is 16.5. The van der Waals surface area contributed by atoms with E-state index >= 15 is 0 Å². The molecule has 2 aromatic rings. The van der Waals surface area contributed by atoms with Gasteiger partial charge in [0.2, 0.25) is 0 Å². The molecule has 0 unspecified atom stereocenters. The van der Waals surface area contributed by atoms with Crippen LogP contribution in [0.25, 0.3) is 11.1 Å². The maximum atomic E-state index is 10.9. The van der Waals surface area contributed by atoms with E-state index in [9.17, 15) is 10.0 Å². The Kier molecular flexibility index (Phi) is 3.82. The fourth-order valence-electron chi connectivity index (χ4n) is 1.92. The van der Waals surface area contributed by atoms with Crippen LogP contribution in [0, 0.1) is 0 Å². The Balaban J connectivity index is 2.22. The minimum Gasteiger partial charge on any atom is -0.350 e. The molecule has 2 rings (SSSR count). The number of benzene rings is 2. The Bertz CT molecular complexity index is 552. The van der Waals surface area contributed by atoms with Crippen LogP contribution in [0.1, 0.15) is 18.5 Å². The minimum absolute atomic E-state index is 0.470. The van der Waals surface area contributed by atoms with Gasteiger partial charge in [0.15, 0.2) is 0 Å². The van der Waals surface area contributed by atoms with E-state index in [-0.39, 0.29) is 0 Å². The smallest absolute Gasteiger partial charge is 0.339 e. The number of primary amides is 1. The van der Waals surface area contributed by atoms with Crippen LogP contribution in [-0.4, -0.2) is 16.3 Å². The highest BCUT2D eigenvalue weighted by molar-refractivity contribution is 5.71. The molecule has 4 nitrogen and oxygen atoms in total. The molecular weight excluding hydrogens is 240 g/mol. The topological polar surface area (TPSA) is 66.6 Å². The molecule has 0 heterocycles.